The lowest BCUT2D eigenvalue weighted by molar-refractivity contribution is -0.118. The van der Waals surface area contributed by atoms with Gasteiger partial charge >= 0.3 is 0 Å². The highest BCUT2D eigenvalue weighted by Gasteiger charge is 2.10. The predicted molar refractivity (Wildman–Crippen MR) is 69.0 cm³/mol. The molecule has 0 bridgehead atoms. The van der Waals surface area contributed by atoms with Gasteiger partial charge in [-0.05, 0) is 18.9 Å². The molecule has 6 nitrogen and oxygen atoms in total. The van der Waals surface area contributed by atoms with Gasteiger partial charge in [0, 0.05) is 19.2 Å². The maximum Gasteiger partial charge on any atom is 0.252 e. The highest BCUT2D eigenvalue weighted by atomic mass is 35.5. The van der Waals surface area contributed by atoms with Crippen LogP contribution in [0.2, 0.25) is 5.02 Å². The number of amides is 2. The van der Waals surface area contributed by atoms with Gasteiger partial charge in [0.2, 0.25) is 5.91 Å². The zero-order chi connectivity index (χ0) is 13.5. The number of carbonyl (C=O) groups excluding carboxylic acids is 2. The summed E-state index contributed by atoms with van der Waals surface area (Å²) >= 11 is 5.83. The average Bonchev–Trinajstić information content (AvgIpc) is 2.31. The van der Waals surface area contributed by atoms with Crippen LogP contribution in [0.5, 0.6) is 0 Å². The number of pyridine rings is 1. The molecule has 0 atom stereocenters. The smallest absolute Gasteiger partial charge is 0.252 e. The van der Waals surface area contributed by atoms with Crippen LogP contribution in [-0.4, -0.2) is 23.3 Å². The fourth-order valence-corrected chi connectivity index (χ4v) is 1.54. The van der Waals surface area contributed by atoms with Crippen LogP contribution >= 0.6 is 11.6 Å². The molecular weight excluding hydrogens is 256 g/mol. The molecule has 0 unspecified atom stereocenters. The minimum atomic E-state index is -0.341. The Hall–Kier alpha value is -1.82. The second-order valence-corrected chi connectivity index (χ2v) is 4.18. The van der Waals surface area contributed by atoms with Crippen LogP contribution in [0.1, 0.15) is 29.6 Å². The number of nitrogens with zero attached hydrogens (tertiary/aromatic N) is 1. The molecule has 0 fully saturated rings. The number of rotatable bonds is 6. The summed E-state index contributed by atoms with van der Waals surface area (Å²) in [6, 6.07) is 1.42. The third kappa shape index (κ3) is 4.58. The van der Waals surface area contributed by atoms with Crippen LogP contribution in [0.15, 0.2) is 12.3 Å². The van der Waals surface area contributed by atoms with Gasteiger partial charge < -0.3 is 16.8 Å². The highest BCUT2D eigenvalue weighted by Crippen LogP contribution is 2.16. The molecule has 1 aromatic rings. The minimum absolute atomic E-state index is 0.235. The molecule has 0 aliphatic carbocycles. The van der Waals surface area contributed by atoms with E-state index in [1.807, 2.05) is 0 Å². The van der Waals surface area contributed by atoms with Gasteiger partial charge in [-0.15, -0.1) is 0 Å². The molecule has 18 heavy (non-hydrogen) atoms. The molecule has 1 aromatic heterocycles. The Bertz CT molecular complexity index is 451. The lowest BCUT2D eigenvalue weighted by Gasteiger charge is -2.06. The number of carbonyl (C=O) groups is 2. The van der Waals surface area contributed by atoms with Gasteiger partial charge in [-0.3, -0.25) is 9.59 Å². The number of nitrogen functional groups attached to an aromatic ring is 1. The van der Waals surface area contributed by atoms with Gasteiger partial charge in [0.25, 0.3) is 5.91 Å². The van der Waals surface area contributed by atoms with Gasteiger partial charge in [-0.25, -0.2) is 4.98 Å². The SMILES string of the molecule is NC(=O)CCCCNC(=O)c1cc(N)ncc1Cl. The van der Waals surface area contributed by atoms with Crippen molar-refractivity contribution in [2.24, 2.45) is 5.73 Å². The molecule has 0 aliphatic rings. The van der Waals surface area contributed by atoms with Crippen molar-refractivity contribution in [2.45, 2.75) is 19.3 Å². The van der Waals surface area contributed by atoms with Crippen molar-refractivity contribution in [3.8, 4) is 0 Å². The Morgan fingerprint density at radius 3 is 2.78 bits per heavy atom. The first-order valence-electron chi connectivity index (χ1n) is 5.48. The van der Waals surface area contributed by atoms with E-state index >= 15 is 0 Å². The molecule has 0 saturated heterocycles. The number of halogens is 1. The number of unbranched alkanes of at least 4 members (excludes halogenated alkanes) is 1. The third-order valence-corrected chi connectivity index (χ3v) is 2.56. The Kier molecular flexibility index (Phi) is 5.38. The number of aromatic nitrogens is 1. The topological polar surface area (TPSA) is 111 Å². The fourth-order valence-electron chi connectivity index (χ4n) is 1.35. The van der Waals surface area contributed by atoms with Gasteiger partial charge in [-0.2, -0.15) is 0 Å². The summed E-state index contributed by atoms with van der Waals surface area (Å²) in [5, 5.41) is 2.93. The predicted octanol–water partition coefficient (Wildman–Crippen LogP) is 0.703. The molecule has 1 heterocycles. The molecule has 0 spiro atoms. The fraction of sp³-hybridized carbons (Fsp3) is 0.364. The number of hydrogen-bond acceptors (Lipinski definition) is 4. The first-order valence-corrected chi connectivity index (χ1v) is 5.86. The normalized spacial score (nSPS) is 10.1. The largest absolute Gasteiger partial charge is 0.384 e. The van der Waals surface area contributed by atoms with E-state index in [0.29, 0.717) is 31.4 Å². The van der Waals surface area contributed by atoms with Crippen LogP contribution < -0.4 is 16.8 Å². The Balaban J connectivity index is 2.41. The van der Waals surface area contributed by atoms with Crippen LogP contribution in [0.25, 0.3) is 0 Å². The molecular formula is C11H15ClN4O2. The number of anilines is 1. The van der Waals surface area contributed by atoms with E-state index in [2.05, 4.69) is 10.3 Å². The average molecular weight is 271 g/mol. The number of hydrogen-bond donors (Lipinski definition) is 3. The molecule has 0 aromatic carbocycles. The first-order chi connectivity index (χ1) is 8.50. The van der Waals surface area contributed by atoms with Crippen LogP contribution in [0, 0.1) is 0 Å². The third-order valence-electron chi connectivity index (χ3n) is 2.26. The van der Waals surface area contributed by atoms with Crippen molar-refractivity contribution in [1.29, 1.82) is 0 Å². The van der Waals surface area contributed by atoms with Crippen molar-refractivity contribution in [1.82, 2.24) is 10.3 Å². The van der Waals surface area contributed by atoms with Gasteiger partial charge in [0.05, 0.1) is 10.6 Å². The molecule has 0 radical (unpaired) electrons. The highest BCUT2D eigenvalue weighted by molar-refractivity contribution is 6.33. The van der Waals surface area contributed by atoms with Gasteiger partial charge in [0.15, 0.2) is 0 Å². The van der Waals surface area contributed by atoms with E-state index in [1.165, 1.54) is 12.3 Å². The van der Waals surface area contributed by atoms with Gasteiger partial charge in [-0.1, -0.05) is 11.6 Å². The number of primary amides is 1. The number of nitrogens with one attached hydrogen (secondary N) is 1. The van der Waals surface area contributed by atoms with E-state index in [-0.39, 0.29) is 22.7 Å². The molecule has 0 aliphatic heterocycles. The van der Waals surface area contributed by atoms with Crippen molar-refractivity contribution in [3.05, 3.63) is 22.8 Å². The molecule has 1 rings (SSSR count). The standard InChI is InChI=1S/C11H15ClN4O2/c12-8-6-16-9(13)5-7(8)11(18)15-4-2-1-3-10(14)17/h5-6H,1-4H2,(H2,13,16)(H2,14,17)(H,15,18). The van der Waals surface area contributed by atoms with Crippen molar-refractivity contribution < 1.29 is 9.59 Å². The van der Waals surface area contributed by atoms with E-state index in [9.17, 15) is 9.59 Å². The van der Waals surface area contributed by atoms with Crippen LogP contribution in [0.4, 0.5) is 5.82 Å². The summed E-state index contributed by atoms with van der Waals surface area (Å²) < 4.78 is 0. The van der Waals surface area contributed by atoms with Crippen molar-refractivity contribution in [3.63, 3.8) is 0 Å². The molecule has 5 N–H and O–H groups in total. The molecule has 7 heteroatoms. The maximum atomic E-state index is 11.7. The summed E-state index contributed by atoms with van der Waals surface area (Å²) in [6.45, 7) is 0.449. The summed E-state index contributed by atoms with van der Waals surface area (Å²) in [7, 11) is 0. The minimum Gasteiger partial charge on any atom is -0.384 e. The second-order valence-electron chi connectivity index (χ2n) is 3.77. The molecule has 98 valence electrons. The summed E-state index contributed by atoms with van der Waals surface area (Å²) in [5.41, 5.74) is 10.8. The monoisotopic (exact) mass is 270 g/mol. The lowest BCUT2D eigenvalue weighted by Crippen LogP contribution is -2.25. The number of nitrogens with two attached hydrogens (primary N) is 2. The summed E-state index contributed by atoms with van der Waals surface area (Å²) in [4.78, 5) is 26.0. The van der Waals surface area contributed by atoms with E-state index in [4.69, 9.17) is 23.1 Å². The van der Waals surface area contributed by atoms with E-state index in [1.54, 1.807) is 0 Å². The second kappa shape index (κ2) is 6.80. The zero-order valence-corrected chi connectivity index (χ0v) is 10.5. The quantitative estimate of drug-likeness (QED) is 0.661. The van der Waals surface area contributed by atoms with E-state index < -0.39 is 0 Å². The summed E-state index contributed by atoms with van der Waals surface area (Å²) in [5.74, 6) is -0.419. The van der Waals surface area contributed by atoms with Crippen molar-refractivity contribution >= 4 is 29.2 Å². The maximum absolute atomic E-state index is 11.7. The van der Waals surface area contributed by atoms with Crippen LogP contribution in [-0.2, 0) is 4.79 Å². The first kappa shape index (κ1) is 14.2. The zero-order valence-electron chi connectivity index (χ0n) is 9.78. The summed E-state index contributed by atoms with van der Waals surface area (Å²) in [6.07, 6.45) is 2.96. The van der Waals surface area contributed by atoms with Gasteiger partial charge in [0.1, 0.15) is 5.82 Å². The van der Waals surface area contributed by atoms with Crippen molar-refractivity contribution in [2.75, 3.05) is 12.3 Å². The molecule has 2 amide bonds. The Labute approximate surface area is 110 Å². The molecule has 0 saturated carbocycles. The van der Waals surface area contributed by atoms with E-state index in [0.717, 1.165) is 0 Å². The van der Waals surface area contributed by atoms with Crippen LogP contribution in [0.3, 0.4) is 0 Å². The Morgan fingerprint density at radius 1 is 1.39 bits per heavy atom. The lowest BCUT2D eigenvalue weighted by atomic mass is 10.2. The Morgan fingerprint density at radius 2 is 2.11 bits per heavy atom.